The van der Waals surface area contributed by atoms with Crippen molar-refractivity contribution in [1.82, 2.24) is 15.5 Å². The largest absolute Gasteiger partial charge is 0.357 e. The number of nitrogens with one attached hydrogen (secondary N) is 2. The minimum absolute atomic E-state index is 0. The Hall–Kier alpha value is -2.61. The molecule has 0 spiro atoms. The lowest BCUT2D eigenvalue weighted by molar-refractivity contribution is -0.127. The van der Waals surface area contributed by atoms with Gasteiger partial charge in [0.25, 0.3) is 0 Å². The van der Waals surface area contributed by atoms with Gasteiger partial charge in [-0.15, -0.1) is 24.0 Å². The molecule has 0 aromatic heterocycles. The molecule has 33 heavy (non-hydrogen) atoms. The van der Waals surface area contributed by atoms with Crippen LogP contribution >= 0.6 is 24.0 Å². The molecule has 0 saturated carbocycles. The Morgan fingerprint density at radius 2 is 1.73 bits per heavy atom. The van der Waals surface area contributed by atoms with E-state index in [9.17, 15) is 4.79 Å². The van der Waals surface area contributed by atoms with Crippen LogP contribution in [0.3, 0.4) is 0 Å². The summed E-state index contributed by atoms with van der Waals surface area (Å²) in [7, 11) is 0. The number of rotatable bonds is 8. The van der Waals surface area contributed by atoms with Crippen LogP contribution in [0.15, 0.2) is 77.8 Å². The number of benzene rings is 3. The predicted molar refractivity (Wildman–Crippen MR) is 147 cm³/mol. The Morgan fingerprint density at radius 1 is 0.970 bits per heavy atom. The van der Waals surface area contributed by atoms with Gasteiger partial charge in [0.2, 0.25) is 5.91 Å². The normalized spacial score (nSPS) is 16.0. The number of halogens is 1. The van der Waals surface area contributed by atoms with Crippen LogP contribution in [0.2, 0.25) is 0 Å². The fourth-order valence-electron chi connectivity index (χ4n) is 4.21. The summed E-state index contributed by atoms with van der Waals surface area (Å²) in [6.07, 6.45) is 1.51. The van der Waals surface area contributed by atoms with Crippen molar-refractivity contribution in [2.24, 2.45) is 10.9 Å². The number of amides is 1. The van der Waals surface area contributed by atoms with Gasteiger partial charge in [-0.3, -0.25) is 4.79 Å². The van der Waals surface area contributed by atoms with Crippen LogP contribution in [0.1, 0.15) is 24.5 Å². The minimum Gasteiger partial charge on any atom is -0.357 e. The first kappa shape index (κ1) is 25.0. The van der Waals surface area contributed by atoms with Gasteiger partial charge in [-0.05, 0) is 41.3 Å². The summed E-state index contributed by atoms with van der Waals surface area (Å²) in [5.41, 5.74) is 2.46. The van der Waals surface area contributed by atoms with Crippen LogP contribution in [0.5, 0.6) is 0 Å². The number of aliphatic imine (C=N–C) groups is 1. The van der Waals surface area contributed by atoms with Gasteiger partial charge in [0, 0.05) is 38.5 Å². The topological polar surface area (TPSA) is 56.7 Å². The molecular weight excluding hydrogens is 523 g/mol. The summed E-state index contributed by atoms with van der Waals surface area (Å²) in [6, 6.07) is 25.2. The number of nitrogens with zero attached hydrogens (tertiary/aromatic N) is 2. The fraction of sp³-hybridized carbons (Fsp3) is 0.333. The van der Waals surface area contributed by atoms with Crippen LogP contribution in [0.4, 0.5) is 0 Å². The van der Waals surface area contributed by atoms with Crippen molar-refractivity contribution in [3.63, 3.8) is 0 Å². The van der Waals surface area contributed by atoms with Gasteiger partial charge in [0.05, 0.1) is 6.54 Å². The number of hydrogen-bond acceptors (Lipinski definition) is 2. The van der Waals surface area contributed by atoms with Crippen LogP contribution in [-0.2, 0) is 17.8 Å². The van der Waals surface area contributed by atoms with Gasteiger partial charge in [-0.1, -0.05) is 66.7 Å². The predicted octanol–water partition coefficient (Wildman–Crippen LogP) is 4.60. The molecule has 1 atom stereocenters. The zero-order valence-corrected chi connectivity index (χ0v) is 21.5. The van der Waals surface area contributed by atoms with Gasteiger partial charge in [-0.2, -0.15) is 0 Å². The first-order chi connectivity index (χ1) is 15.7. The van der Waals surface area contributed by atoms with E-state index in [0.717, 1.165) is 38.6 Å². The van der Waals surface area contributed by atoms with E-state index in [2.05, 4.69) is 72.2 Å². The Kier molecular flexibility index (Phi) is 9.54. The maximum absolute atomic E-state index is 12.4. The summed E-state index contributed by atoms with van der Waals surface area (Å²) in [6.45, 7) is 5.83. The Bertz CT molecular complexity index is 1070. The third kappa shape index (κ3) is 7.19. The summed E-state index contributed by atoms with van der Waals surface area (Å²) in [5.74, 6) is 1.37. The molecular formula is C27H33IN4O. The molecule has 6 heteroatoms. The van der Waals surface area contributed by atoms with Crippen molar-refractivity contribution in [2.75, 3.05) is 26.2 Å². The lowest BCUT2D eigenvalue weighted by Crippen LogP contribution is -2.40. The Balaban J connectivity index is 0.00000306. The number of carbonyl (C=O) groups excluding carboxylic acids is 1. The summed E-state index contributed by atoms with van der Waals surface area (Å²) < 4.78 is 0. The van der Waals surface area contributed by atoms with Gasteiger partial charge < -0.3 is 15.5 Å². The van der Waals surface area contributed by atoms with Gasteiger partial charge in [-0.25, -0.2) is 4.99 Å². The number of hydrogen-bond donors (Lipinski definition) is 2. The SMILES string of the molecule is CCNC(=NCc1ccc2ccccc2c1)NCC1CC(=O)N(CCc2ccccc2)C1.I. The highest BCUT2D eigenvalue weighted by Crippen LogP contribution is 2.18. The molecule has 1 aliphatic heterocycles. The zero-order valence-electron chi connectivity index (χ0n) is 19.2. The average Bonchev–Trinajstić information content (AvgIpc) is 3.19. The summed E-state index contributed by atoms with van der Waals surface area (Å²) in [5, 5.41) is 9.25. The third-order valence-corrected chi connectivity index (χ3v) is 5.94. The van der Waals surface area contributed by atoms with E-state index < -0.39 is 0 Å². The molecule has 0 radical (unpaired) electrons. The molecule has 5 nitrogen and oxygen atoms in total. The smallest absolute Gasteiger partial charge is 0.223 e. The summed E-state index contributed by atoms with van der Waals surface area (Å²) in [4.78, 5) is 19.2. The highest BCUT2D eigenvalue weighted by Gasteiger charge is 2.29. The standard InChI is InChI=1S/C27H32N4O.HI/c1-2-28-27(29-18-22-12-13-24-10-6-7-11-25(24)16-22)30-19-23-17-26(32)31(20-23)15-14-21-8-4-3-5-9-21;/h3-13,16,23H,2,14-15,17-20H2,1H3,(H2,28,29,30);1H. The molecule has 3 aromatic carbocycles. The molecule has 4 rings (SSSR count). The molecule has 1 fully saturated rings. The average molecular weight is 556 g/mol. The van der Waals surface area contributed by atoms with E-state index in [1.807, 2.05) is 23.1 Å². The van der Waals surface area contributed by atoms with Crippen LogP contribution in [-0.4, -0.2) is 42.9 Å². The monoisotopic (exact) mass is 556 g/mol. The summed E-state index contributed by atoms with van der Waals surface area (Å²) >= 11 is 0. The van der Waals surface area contributed by atoms with Gasteiger partial charge in [0.15, 0.2) is 5.96 Å². The molecule has 3 aromatic rings. The lowest BCUT2D eigenvalue weighted by atomic mass is 10.1. The Labute approximate surface area is 213 Å². The second-order valence-corrected chi connectivity index (χ2v) is 8.40. The molecule has 1 heterocycles. The number of fused-ring (bicyclic) bond motifs is 1. The highest BCUT2D eigenvalue weighted by atomic mass is 127. The number of guanidine groups is 1. The Morgan fingerprint density at radius 3 is 2.52 bits per heavy atom. The molecule has 174 valence electrons. The van der Waals surface area contributed by atoms with Crippen molar-refractivity contribution in [1.29, 1.82) is 0 Å². The first-order valence-corrected chi connectivity index (χ1v) is 11.5. The molecule has 1 unspecified atom stereocenters. The van der Waals surface area contributed by atoms with Gasteiger partial charge in [0.1, 0.15) is 0 Å². The van der Waals surface area contributed by atoms with Crippen molar-refractivity contribution >= 4 is 46.6 Å². The quantitative estimate of drug-likeness (QED) is 0.242. The van der Waals surface area contributed by atoms with Crippen LogP contribution in [0.25, 0.3) is 10.8 Å². The van der Waals surface area contributed by atoms with Crippen molar-refractivity contribution in [3.8, 4) is 0 Å². The lowest BCUT2D eigenvalue weighted by Gasteiger charge is -2.18. The van der Waals surface area contributed by atoms with Crippen molar-refractivity contribution < 1.29 is 4.79 Å². The van der Waals surface area contributed by atoms with Crippen LogP contribution < -0.4 is 10.6 Å². The van der Waals surface area contributed by atoms with Gasteiger partial charge >= 0.3 is 0 Å². The molecule has 1 saturated heterocycles. The highest BCUT2D eigenvalue weighted by molar-refractivity contribution is 14.0. The maximum Gasteiger partial charge on any atom is 0.223 e. The van der Waals surface area contributed by atoms with Crippen LogP contribution in [0, 0.1) is 5.92 Å². The molecule has 1 amide bonds. The van der Waals surface area contributed by atoms with Crippen molar-refractivity contribution in [2.45, 2.75) is 26.3 Å². The third-order valence-electron chi connectivity index (χ3n) is 5.94. The van der Waals surface area contributed by atoms with E-state index in [4.69, 9.17) is 4.99 Å². The minimum atomic E-state index is 0. The van der Waals surface area contributed by atoms with E-state index in [-0.39, 0.29) is 29.9 Å². The maximum atomic E-state index is 12.4. The molecule has 1 aliphatic rings. The van der Waals surface area contributed by atoms with Crippen molar-refractivity contribution in [3.05, 3.63) is 83.9 Å². The van der Waals surface area contributed by atoms with E-state index in [1.165, 1.54) is 21.9 Å². The van der Waals surface area contributed by atoms with E-state index in [0.29, 0.717) is 18.9 Å². The molecule has 2 N–H and O–H groups in total. The van der Waals surface area contributed by atoms with E-state index in [1.54, 1.807) is 0 Å². The second-order valence-electron chi connectivity index (χ2n) is 8.40. The second kappa shape index (κ2) is 12.6. The first-order valence-electron chi connectivity index (χ1n) is 11.5. The molecule has 0 bridgehead atoms. The number of carbonyl (C=O) groups is 1. The molecule has 0 aliphatic carbocycles. The fourth-order valence-corrected chi connectivity index (χ4v) is 4.21. The number of likely N-dealkylation sites (tertiary alicyclic amines) is 1. The van der Waals surface area contributed by atoms with E-state index >= 15 is 0 Å². The zero-order chi connectivity index (χ0) is 22.2.